The van der Waals surface area contributed by atoms with Crippen LogP contribution in [0.4, 0.5) is 15.8 Å². The number of anilines is 2. The molecule has 5 nitrogen and oxygen atoms in total. The van der Waals surface area contributed by atoms with Gasteiger partial charge < -0.3 is 20.4 Å². The normalized spacial score (nSPS) is 14.1. The summed E-state index contributed by atoms with van der Waals surface area (Å²) in [4.78, 5) is 15.4. The third kappa shape index (κ3) is 3.55. The van der Waals surface area contributed by atoms with E-state index in [0.717, 1.165) is 28.2 Å². The molecule has 0 saturated carbocycles. The van der Waals surface area contributed by atoms with Crippen molar-refractivity contribution in [1.82, 2.24) is 4.98 Å². The van der Waals surface area contributed by atoms with Crippen LogP contribution in [0, 0.1) is 5.82 Å². The van der Waals surface area contributed by atoms with E-state index in [1.165, 1.54) is 19.2 Å². The molecule has 4 rings (SSSR count). The van der Waals surface area contributed by atoms with E-state index < -0.39 is 0 Å². The quantitative estimate of drug-likeness (QED) is 0.593. The first-order valence-electron chi connectivity index (χ1n) is 8.50. The average Bonchev–Trinajstić information content (AvgIpc) is 3.28. The van der Waals surface area contributed by atoms with Gasteiger partial charge in [0.15, 0.2) is 0 Å². The van der Waals surface area contributed by atoms with Crippen LogP contribution in [-0.4, -0.2) is 18.0 Å². The molecule has 0 spiro atoms. The van der Waals surface area contributed by atoms with Crippen LogP contribution in [0.1, 0.15) is 16.8 Å². The molecule has 27 heavy (non-hydrogen) atoms. The summed E-state index contributed by atoms with van der Waals surface area (Å²) in [6.07, 6.45) is 3.63. The van der Waals surface area contributed by atoms with Crippen molar-refractivity contribution in [1.29, 1.82) is 0 Å². The van der Waals surface area contributed by atoms with Crippen molar-refractivity contribution < 1.29 is 13.9 Å². The molecule has 0 fully saturated rings. The van der Waals surface area contributed by atoms with E-state index in [2.05, 4.69) is 15.6 Å². The molecular weight excluding hydrogens is 345 g/mol. The van der Waals surface area contributed by atoms with Gasteiger partial charge in [-0.3, -0.25) is 4.79 Å². The second kappa shape index (κ2) is 6.99. The van der Waals surface area contributed by atoms with Crippen molar-refractivity contribution >= 4 is 28.9 Å². The number of amides is 1. The monoisotopic (exact) mass is 363 g/mol. The Bertz CT molecular complexity index is 1030. The fourth-order valence-corrected chi connectivity index (χ4v) is 3.08. The van der Waals surface area contributed by atoms with Gasteiger partial charge in [0, 0.05) is 41.4 Å². The Morgan fingerprint density at radius 1 is 1.19 bits per heavy atom. The fraction of sp³-hybridized carbons (Fsp3) is 0.0952. The fourth-order valence-electron chi connectivity index (χ4n) is 3.08. The number of carbonyl (C=O) groups is 1. The molecule has 0 unspecified atom stereocenters. The minimum atomic E-state index is -0.342. The Morgan fingerprint density at radius 3 is 2.85 bits per heavy atom. The van der Waals surface area contributed by atoms with Crippen molar-refractivity contribution in [3.8, 4) is 5.75 Å². The summed E-state index contributed by atoms with van der Waals surface area (Å²) in [7, 11) is 1.51. The molecule has 0 aliphatic carbocycles. The molecule has 6 heteroatoms. The minimum Gasteiger partial charge on any atom is -0.497 e. The second-order valence-corrected chi connectivity index (χ2v) is 6.25. The molecule has 0 saturated heterocycles. The highest BCUT2D eigenvalue weighted by Crippen LogP contribution is 2.35. The highest BCUT2D eigenvalue weighted by atomic mass is 19.1. The van der Waals surface area contributed by atoms with E-state index >= 15 is 0 Å². The molecule has 1 aliphatic rings. The smallest absolute Gasteiger partial charge is 0.256 e. The number of hydrogen-bond donors (Lipinski definition) is 3. The van der Waals surface area contributed by atoms with Crippen LogP contribution < -0.4 is 15.4 Å². The van der Waals surface area contributed by atoms with Gasteiger partial charge in [-0.25, -0.2) is 4.39 Å². The van der Waals surface area contributed by atoms with Gasteiger partial charge in [-0.05, 0) is 54.1 Å². The minimum absolute atomic E-state index is 0.133. The Hall–Kier alpha value is -3.54. The van der Waals surface area contributed by atoms with Crippen molar-refractivity contribution in [2.75, 3.05) is 17.7 Å². The predicted octanol–water partition coefficient (Wildman–Crippen LogP) is 4.27. The molecule has 0 atom stereocenters. The topological polar surface area (TPSA) is 66.1 Å². The number of rotatable bonds is 5. The zero-order valence-electron chi connectivity index (χ0n) is 14.7. The Morgan fingerprint density at radius 2 is 2.07 bits per heavy atom. The molecule has 136 valence electrons. The van der Waals surface area contributed by atoms with E-state index in [1.54, 1.807) is 6.07 Å². The summed E-state index contributed by atoms with van der Waals surface area (Å²) in [5.74, 6) is 0.00408. The first-order chi connectivity index (χ1) is 13.1. The highest BCUT2D eigenvalue weighted by Gasteiger charge is 2.24. The van der Waals surface area contributed by atoms with E-state index in [9.17, 15) is 9.18 Å². The van der Waals surface area contributed by atoms with Gasteiger partial charge in [0.2, 0.25) is 0 Å². The number of nitrogens with one attached hydrogen (secondary N) is 3. The molecule has 0 radical (unpaired) electrons. The zero-order chi connectivity index (χ0) is 18.8. The SMILES string of the molecule is COc1cc(F)cc(CNc2ccc3c(c2)C(=Cc2ccc[nH]2)C(=O)N3)c1. The number of aromatic nitrogens is 1. The predicted molar refractivity (Wildman–Crippen MR) is 104 cm³/mol. The van der Waals surface area contributed by atoms with E-state index in [1.807, 2.05) is 42.6 Å². The van der Waals surface area contributed by atoms with Crippen LogP contribution in [0.15, 0.2) is 54.7 Å². The van der Waals surface area contributed by atoms with Gasteiger partial charge >= 0.3 is 0 Å². The lowest BCUT2D eigenvalue weighted by Gasteiger charge is -2.10. The molecular formula is C21H18FN3O2. The lowest BCUT2D eigenvalue weighted by Crippen LogP contribution is -2.03. The number of methoxy groups -OCH3 is 1. The lowest BCUT2D eigenvalue weighted by atomic mass is 10.0. The highest BCUT2D eigenvalue weighted by molar-refractivity contribution is 6.35. The van der Waals surface area contributed by atoms with Crippen LogP contribution in [0.3, 0.4) is 0 Å². The van der Waals surface area contributed by atoms with Crippen molar-refractivity contribution in [3.05, 3.63) is 77.4 Å². The molecule has 2 aromatic carbocycles. The Labute approximate surface area is 155 Å². The number of benzene rings is 2. The molecule has 0 bridgehead atoms. The largest absolute Gasteiger partial charge is 0.497 e. The van der Waals surface area contributed by atoms with E-state index in [-0.39, 0.29) is 11.7 Å². The number of ether oxygens (including phenoxy) is 1. The van der Waals surface area contributed by atoms with Gasteiger partial charge in [-0.15, -0.1) is 0 Å². The van der Waals surface area contributed by atoms with Gasteiger partial charge in [-0.2, -0.15) is 0 Å². The summed E-state index contributed by atoms with van der Waals surface area (Å²) < 4.78 is 18.7. The maximum absolute atomic E-state index is 13.6. The number of carbonyl (C=O) groups excluding carboxylic acids is 1. The van der Waals surface area contributed by atoms with Crippen molar-refractivity contribution in [3.63, 3.8) is 0 Å². The van der Waals surface area contributed by atoms with E-state index in [4.69, 9.17) is 4.74 Å². The van der Waals surface area contributed by atoms with Crippen LogP contribution in [-0.2, 0) is 11.3 Å². The third-order valence-corrected chi connectivity index (χ3v) is 4.39. The number of hydrogen-bond acceptors (Lipinski definition) is 3. The summed E-state index contributed by atoms with van der Waals surface area (Å²) in [5.41, 5.74) is 4.67. The van der Waals surface area contributed by atoms with Crippen LogP contribution in [0.2, 0.25) is 0 Å². The summed E-state index contributed by atoms with van der Waals surface area (Å²) in [5, 5.41) is 6.14. The molecule has 2 heterocycles. The zero-order valence-corrected chi connectivity index (χ0v) is 14.7. The summed E-state index contributed by atoms with van der Waals surface area (Å²) in [6.45, 7) is 0.434. The number of aromatic amines is 1. The number of H-pyrrole nitrogens is 1. The summed E-state index contributed by atoms with van der Waals surface area (Å²) in [6, 6.07) is 14.0. The second-order valence-electron chi connectivity index (χ2n) is 6.25. The van der Waals surface area contributed by atoms with Crippen LogP contribution in [0.25, 0.3) is 11.6 Å². The van der Waals surface area contributed by atoms with E-state index in [0.29, 0.717) is 17.9 Å². The van der Waals surface area contributed by atoms with Crippen molar-refractivity contribution in [2.45, 2.75) is 6.54 Å². The maximum atomic E-state index is 13.6. The number of halogens is 1. The van der Waals surface area contributed by atoms with Crippen molar-refractivity contribution in [2.24, 2.45) is 0 Å². The molecule has 1 amide bonds. The molecule has 3 aromatic rings. The molecule has 1 aliphatic heterocycles. The maximum Gasteiger partial charge on any atom is 0.256 e. The first-order valence-corrected chi connectivity index (χ1v) is 8.50. The van der Waals surface area contributed by atoms with Gasteiger partial charge in [0.25, 0.3) is 5.91 Å². The summed E-state index contributed by atoms with van der Waals surface area (Å²) >= 11 is 0. The Balaban J connectivity index is 1.57. The standard InChI is InChI=1S/C21H18FN3O2/c1-27-17-8-13(7-14(22)9-17)12-24-16-4-5-20-18(10-16)19(21(26)25-20)11-15-3-2-6-23-15/h2-11,23-24H,12H2,1H3,(H,25,26). The average molecular weight is 363 g/mol. The van der Waals surface area contributed by atoms with Gasteiger partial charge in [0.05, 0.1) is 12.7 Å². The Kier molecular flexibility index (Phi) is 4.38. The number of fused-ring (bicyclic) bond motifs is 1. The first kappa shape index (κ1) is 16.9. The van der Waals surface area contributed by atoms with Gasteiger partial charge in [-0.1, -0.05) is 0 Å². The lowest BCUT2D eigenvalue weighted by molar-refractivity contribution is -0.110. The van der Waals surface area contributed by atoms with Crippen LogP contribution in [0.5, 0.6) is 5.75 Å². The van der Waals surface area contributed by atoms with Gasteiger partial charge in [0.1, 0.15) is 11.6 Å². The third-order valence-electron chi connectivity index (χ3n) is 4.39. The van der Waals surface area contributed by atoms with Crippen LogP contribution >= 0.6 is 0 Å². The molecule has 1 aromatic heterocycles. The molecule has 3 N–H and O–H groups in total.